The van der Waals surface area contributed by atoms with Gasteiger partial charge >= 0.3 is 12.0 Å². The van der Waals surface area contributed by atoms with Crippen LogP contribution in [0.15, 0.2) is 0 Å². The summed E-state index contributed by atoms with van der Waals surface area (Å²) in [6, 6.07) is -1.13. The van der Waals surface area contributed by atoms with E-state index < -0.39 is 12.0 Å². The standard InChI is InChI=1S/C12H24N2O3/c1-6-14(7-8(2)3)12(17)13-10(9(4)5)11(15)16/h8-10H,6-7H2,1-5H3,(H,13,17)(H,15,16)/t10-/m1/s1. The summed E-state index contributed by atoms with van der Waals surface area (Å²) < 4.78 is 0. The highest BCUT2D eigenvalue weighted by atomic mass is 16.4. The van der Waals surface area contributed by atoms with Crippen molar-refractivity contribution in [3.8, 4) is 0 Å². The number of carbonyl (C=O) groups excluding carboxylic acids is 1. The maximum atomic E-state index is 11.9. The Hall–Kier alpha value is -1.26. The predicted octanol–water partition coefficient (Wildman–Crippen LogP) is 1.78. The van der Waals surface area contributed by atoms with Gasteiger partial charge in [0, 0.05) is 13.1 Å². The van der Waals surface area contributed by atoms with E-state index in [-0.39, 0.29) is 11.9 Å². The zero-order chi connectivity index (χ0) is 13.6. The second-order valence-electron chi connectivity index (χ2n) is 4.94. The van der Waals surface area contributed by atoms with E-state index in [1.165, 1.54) is 0 Å². The van der Waals surface area contributed by atoms with Gasteiger partial charge in [-0.05, 0) is 18.8 Å². The number of hydrogen-bond acceptors (Lipinski definition) is 2. The van der Waals surface area contributed by atoms with Crippen LogP contribution in [0.25, 0.3) is 0 Å². The number of aliphatic carboxylic acids is 1. The number of rotatable bonds is 6. The number of amides is 2. The van der Waals surface area contributed by atoms with Crippen LogP contribution in [-0.4, -0.2) is 41.1 Å². The first-order valence-corrected chi connectivity index (χ1v) is 6.07. The number of nitrogens with zero attached hydrogens (tertiary/aromatic N) is 1. The Bertz CT molecular complexity index is 264. The molecule has 0 unspecified atom stereocenters. The first-order valence-electron chi connectivity index (χ1n) is 6.07. The Morgan fingerprint density at radius 1 is 1.24 bits per heavy atom. The summed E-state index contributed by atoms with van der Waals surface area (Å²) in [6.45, 7) is 10.7. The van der Waals surface area contributed by atoms with E-state index in [0.717, 1.165) is 0 Å². The van der Waals surface area contributed by atoms with Gasteiger partial charge in [0.05, 0.1) is 0 Å². The molecule has 0 aliphatic heterocycles. The minimum atomic E-state index is -0.992. The normalized spacial score (nSPS) is 12.6. The van der Waals surface area contributed by atoms with E-state index in [9.17, 15) is 9.59 Å². The van der Waals surface area contributed by atoms with Gasteiger partial charge < -0.3 is 15.3 Å². The summed E-state index contributed by atoms with van der Waals surface area (Å²) in [5.74, 6) is -0.758. The molecule has 0 heterocycles. The molecule has 0 aromatic heterocycles. The Balaban J connectivity index is 4.52. The van der Waals surface area contributed by atoms with E-state index in [1.54, 1.807) is 18.7 Å². The monoisotopic (exact) mass is 244 g/mol. The van der Waals surface area contributed by atoms with Crippen molar-refractivity contribution in [1.29, 1.82) is 0 Å². The molecule has 0 bridgehead atoms. The highest BCUT2D eigenvalue weighted by Crippen LogP contribution is 2.04. The van der Waals surface area contributed by atoms with Crippen molar-refractivity contribution < 1.29 is 14.7 Å². The third-order valence-corrected chi connectivity index (χ3v) is 2.47. The van der Waals surface area contributed by atoms with Gasteiger partial charge in [0.2, 0.25) is 0 Å². The molecule has 5 heteroatoms. The van der Waals surface area contributed by atoms with E-state index in [4.69, 9.17) is 5.11 Å². The molecular weight excluding hydrogens is 220 g/mol. The highest BCUT2D eigenvalue weighted by molar-refractivity contribution is 5.82. The SMILES string of the molecule is CCN(CC(C)C)C(=O)N[C@@H](C(=O)O)C(C)C. The molecule has 0 aliphatic carbocycles. The third kappa shape index (κ3) is 5.56. The number of nitrogens with one attached hydrogen (secondary N) is 1. The van der Waals surface area contributed by atoms with E-state index in [2.05, 4.69) is 5.32 Å². The molecule has 0 spiro atoms. The van der Waals surface area contributed by atoms with E-state index >= 15 is 0 Å². The van der Waals surface area contributed by atoms with Crippen LogP contribution in [0.1, 0.15) is 34.6 Å². The summed E-state index contributed by atoms with van der Waals surface area (Å²) >= 11 is 0. The van der Waals surface area contributed by atoms with Crippen molar-refractivity contribution in [2.75, 3.05) is 13.1 Å². The first kappa shape index (κ1) is 15.7. The summed E-state index contributed by atoms with van der Waals surface area (Å²) in [5.41, 5.74) is 0. The van der Waals surface area contributed by atoms with Crippen molar-refractivity contribution >= 4 is 12.0 Å². The average molecular weight is 244 g/mol. The number of carbonyl (C=O) groups is 2. The van der Waals surface area contributed by atoms with Crippen LogP contribution < -0.4 is 5.32 Å². The molecule has 1 atom stereocenters. The van der Waals surface area contributed by atoms with Gasteiger partial charge in [-0.1, -0.05) is 27.7 Å². The van der Waals surface area contributed by atoms with Crippen molar-refractivity contribution in [3.05, 3.63) is 0 Å². The maximum Gasteiger partial charge on any atom is 0.326 e. The zero-order valence-electron chi connectivity index (χ0n) is 11.4. The van der Waals surface area contributed by atoms with Crippen LogP contribution in [0.3, 0.4) is 0 Å². The molecular formula is C12H24N2O3. The smallest absolute Gasteiger partial charge is 0.326 e. The fourth-order valence-corrected chi connectivity index (χ4v) is 1.53. The van der Waals surface area contributed by atoms with Crippen molar-refractivity contribution in [2.45, 2.75) is 40.7 Å². The lowest BCUT2D eigenvalue weighted by Crippen LogP contribution is -2.50. The van der Waals surface area contributed by atoms with Crippen molar-refractivity contribution in [3.63, 3.8) is 0 Å². The number of carboxylic acid groups (broad SMARTS) is 1. The Kier molecular flexibility index (Phi) is 6.61. The Morgan fingerprint density at radius 2 is 1.76 bits per heavy atom. The quantitative estimate of drug-likeness (QED) is 0.748. The van der Waals surface area contributed by atoms with Crippen molar-refractivity contribution in [2.24, 2.45) is 11.8 Å². The summed E-state index contributed by atoms with van der Waals surface area (Å²) in [5, 5.41) is 11.6. The van der Waals surface area contributed by atoms with Gasteiger partial charge in [0.1, 0.15) is 6.04 Å². The largest absolute Gasteiger partial charge is 0.480 e. The summed E-state index contributed by atoms with van der Waals surface area (Å²) in [6.07, 6.45) is 0. The number of carboxylic acids is 1. The fourth-order valence-electron chi connectivity index (χ4n) is 1.53. The number of urea groups is 1. The Labute approximate surface area is 103 Å². The molecule has 0 rings (SSSR count). The highest BCUT2D eigenvalue weighted by Gasteiger charge is 2.25. The number of hydrogen-bond donors (Lipinski definition) is 2. The summed E-state index contributed by atoms with van der Waals surface area (Å²) in [4.78, 5) is 24.5. The van der Waals surface area contributed by atoms with Crippen LogP contribution in [0, 0.1) is 11.8 Å². The van der Waals surface area contributed by atoms with Gasteiger partial charge in [0.15, 0.2) is 0 Å². The molecule has 0 saturated heterocycles. The Morgan fingerprint density at radius 3 is 2.06 bits per heavy atom. The van der Waals surface area contributed by atoms with Crippen LogP contribution >= 0.6 is 0 Å². The average Bonchev–Trinajstić information content (AvgIpc) is 2.20. The lowest BCUT2D eigenvalue weighted by molar-refractivity contribution is -0.140. The minimum absolute atomic E-state index is 0.130. The molecule has 0 saturated carbocycles. The maximum absolute atomic E-state index is 11.9. The van der Waals surface area contributed by atoms with Gasteiger partial charge in [-0.15, -0.1) is 0 Å². The van der Waals surface area contributed by atoms with Gasteiger partial charge in [-0.3, -0.25) is 0 Å². The van der Waals surface area contributed by atoms with E-state index in [1.807, 2.05) is 20.8 Å². The molecule has 0 aromatic carbocycles. The second-order valence-corrected chi connectivity index (χ2v) is 4.94. The first-order chi connectivity index (χ1) is 7.79. The molecule has 0 fully saturated rings. The van der Waals surface area contributed by atoms with Gasteiger partial charge in [-0.2, -0.15) is 0 Å². The fraction of sp³-hybridized carbons (Fsp3) is 0.833. The molecule has 2 N–H and O–H groups in total. The molecule has 0 aromatic rings. The molecule has 17 heavy (non-hydrogen) atoms. The topological polar surface area (TPSA) is 69.6 Å². The van der Waals surface area contributed by atoms with Crippen LogP contribution in [0.5, 0.6) is 0 Å². The van der Waals surface area contributed by atoms with Crippen LogP contribution in [-0.2, 0) is 4.79 Å². The van der Waals surface area contributed by atoms with Crippen LogP contribution in [0.2, 0.25) is 0 Å². The molecule has 5 nitrogen and oxygen atoms in total. The minimum Gasteiger partial charge on any atom is -0.480 e. The molecule has 2 amide bonds. The van der Waals surface area contributed by atoms with Gasteiger partial charge in [-0.25, -0.2) is 9.59 Å². The molecule has 0 aliphatic rings. The summed E-state index contributed by atoms with van der Waals surface area (Å²) in [7, 11) is 0. The van der Waals surface area contributed by atoms with E-state index in [0.29, 0.717) is 19.0 Å². The second kappa shape index (κ2) is 7.14. The van der Waals surface area contributed by atoms with Crippen LogP contribution in [0.4, 0.5) is 4.79 Å². The van der Waals surface area contributed by atoms with Gasteiger partial charge in [0.25, 0.3) is 0 Å². The van der Waals surface area contributed by atoms with Crippen molar-refractivity contribution in [1.82, 2.24) is 10.2 Å². The lowest BCUT2D eigenvalue weighted by atomic mass is 10.1. The molecule has 100 valence electrons. The third-order valence-electron chi connectivity index (χ3n) is 2.47. The predicted molar refractivity (Wildman–Crippen MR) is 66.9 cm³/mol. The lowest BCUT2D eigenvalue weighted by Gasteiger charge is -2.26. The molecule has 0 radical (unpaired) electrons. The zero-order valence-corrected chi connectivity index (χ0v) is 11.4.